The molecule has 0 saturated carbocycles. The fraction of sp³-hybridized carbons (Fsp3) is 0.235. The SMILES string of the molecule is CCOC(=O)Nc1ccc(C2Cc3ccc(F)cc3N2)c(F)c1N. The van der Waals surface area contributed by atoms with Crippen LogP contribution in [-0.2, 0) is 11.2 Å². The van der Waals surface area contributed by atoms with E-state index in [0.29, 0.717) is 17.7 Å². The van der Waals surface area contributed by atoms with Crippen molar-refractivity contribution in [3.05, 3.63) is 53.1 Å². The first-order valence-electron chi connectivity index (χ1n) is 7.56. The van der Waals surface area contributed by atoms with E-state index in [0.717, 1.165) is 5.56 Å². The average molecular weight is 333 g/mol. The second-order valence-corrected chi connectivity index (χ2v) is 5.48. The number of hydrogen-bond donors (Lipinski definition) is 3. The summed E-state index contributed by atoms with van der Waals surface area (Å²) in [6, 6.07) is 7.16. The van der Waals surface area contributed by atoms with Gasteiger partial charge in [0.25, 0.3) is 0 Å². The van der Waals surface area contributed by atoms with Gasteiger partial charge >= 0.3 is 6.09 Å². The van der Waals surface area contributed by atoms with Crippen molar-refractivity contribution in [2.24, 2.45) is 0 Å². The van der Waals surface area contributed by atoms with Gasteiger partial charge < -0.3 is 15.8 Å². The number of nitrogen functional groups attached to an aromatic ring is 1. The number of rotatable bonds is 3. The Morgan fingerprint density at radius 3 is 2.92 bits per heavy atom. The Bertz CT molecular complexity index is 796. The van der Waals surface area contributed by atoms with Crippen molar-refractivity contribution in [3.63, 3.8) is 0 Å². The summed E-state index contributed by atoms with van der Waals surface area (Å²) in [5.74, 6) is -0.967. The lowest BCUT2D eigenvalue weighted by Crippen LogP contribution is -2.16. The molecule has 24 heavy (non-hydrogen) atoms. The van der Waals surface area contributed by atoms with Crippen molar-refractivity contribution < 1.29 is 18.3 Å². The monoisotopic (exact) mass is 333 g/mol. The van der Waals surface area contributed by atoms with Crippen LogP contribution in [0.4, 0.5) is 30.6 Å². The molecule has 0 spiro atoms. The van der Waals surface area contributed by atoms with Crippen molar-refractivity contribution in [3.8, 4) is 0 Å². The number of nitrogens with one attached hydrogen (secondary N) is 2. The molecule has 5 nitrogen and oxygen atoms in total. The zero-order chi connectivity index (χ0) is 17.3. The van der Waals surface area contributed by atoms with Crippen molar-refractivity contribution in [2.45, 2.75) is 19.4 Å². The van der Waals surface area contributed by atoms with Crippen LogP contribution in [0.3, 0.4) is 0 Å². The van der Waals surface area contributed by atoms with Crippen molar-refractivity contribution in [2.75, 3.05) is 23.0 Å². The van der Waals surface area contributed by atoms with Gasteiger partial charge in [0.2, 0.25) is 0 Å². The molecule has 1 aliphatic heterocycles. The van der Waals surface area contributed by atoms with E-state index in [1.165, 1.54) is 18.2 Å². The van der Waals surface area contributed by atoms with E-state index >= 15 is 0 Å². The number of hydrogen-bond acceptors (Lipinski definition) is 4. The molecule has 1 amide bonds. The van der Waals surface area contributed by atoms with E-state index in [1.54, 1.807) is 19.1 Å². The van der Waals surface area contributed by atoms with Crippen molar-refractivity contribution >= 4 is 23.2 Å². The minimum Gasteiger partial charge on any atom is -0.450 e. The number of carbonyl (C=O) groups excluding carboxylic acids is 1. The smallest absolute Gasteiger partial charge is 0.411 e. The number of nitrogens with two attached hydrogens (primary N) is 1. The Balaban J connectivity index is 1.83. The second-order valence-electron chi connectivity index (χ2n) is 5.48. The lowest BCUT2D eigenvalue weighted by Gasteiger charge is -2.16. The first-order valence-corrected chi connectivity index (χ1v) is 7.56. The minimum atomic E-state index is -0.696. The molecule has 2 aromatic carbocycles. The largest absolute Gasteiger partial charge is 0.450 e. The van der Waals surface area contributed by atoms with Gasteiger partial charge in [-0.2, -0.15) is 0 Å². The number of halogens is 2. The van der Waals surface area contributed by atoms with Gasteiger partial charge in [0, 0.05) is 11.3 Å². The summed E-state index contributed by atoms with van der Waals surface area (Å²) in [6.45, 7) is 1.87. The van der Waals surface area contributed by atoms with Crippen LogP contribution in [0.25, 0.3) is 0 Å². The number of carbonyl (C=O) groups is 1. The van der Waals surface area contributed by atoms with Crippen LogP contribution in [0.5, 0.6) is 0 Å². The van der Waals surface area contributed by atoms with Gasteiger partial charge in [-0.15, -0.1) is 0 Å². The number of anilines is 3. The van der Waals surface area contributed by atoms with Gasteiger partial charge in [-0.05, 0) is 37.1 Å². The van der Waals surface area contributed by atoms with Gasteiger partial charge in [0.1, 0.15) is 5.82 Å². The van der Waals surface area contributed by atoms with E-state index in [2.05, 4.69) is 10.6 Å². The van der Waals surface area contributed by atoms with E-state index in [9.17, 15) is 13.6 Å². The highest BCUT2D eigenvalue weighted by atomic mass is 19.1. The Labute approximate surface area is 137 Å². The number of benzene rings is 2. The molecule has 1 unspecified atom stereocenters. The normalized spacial score (nSPS) is 15.5. The van der Waals surface area contributed by atoms with Crippen LogP contribution in [0.15, 0.2) is 30.3 Å². The van der Waals surface area contributed by atoms with Crippen LogP contribution >= 0.6 is 0 Å². The Morgan fingerprint density at radius 1 is 1.38 bits per heavy atom. The lowest BCUT2D eigenvalue weighted by molar-refractivity contribution is 0.168. The van der Waals surface area contributed by atoms with Gasteiger partial charge in [-0.3, -0.25) is 5.32 Å². The molecule has 126 valence electrons. The fourth-order valence-corrected chi connectivity index (χ4v) is 2.77. The molecule has 0 saturated heterocycles. The predicted octanol–water partition coefficient (Wildman–Crippen LogP) is 3.82. The standard InChI is InChI=1S/C17H17F2N3O2/c1-2-24-17(23)22-12-6-5-11(15(19)16(12)20)14-7-9-3-4-10(18)8-13(9)21-14/h3-6,8,14,21H,2,7,20H2,1H3,(H,22,23). The Morgan fingerprint density at radius 2 is 2.17 bits per heavy atom. The molecule has 3 rings (SSSR count). The molecule has 2 aromatic rings. The van der Waals surface area contributed by atoms with E-state index in [4.69, 9.17) is 10.5 Å². The summed E-state index contributed by atoms with van der Waals surface area (Å²) in [6.07, 6.45) is -0.172. The summed E-state index contributed by atoms with van der Waals surface area (Å²) in [5.41, 5.74) is 7.69. The third kappa shape index (κ3) is 2.97. The molecule has 1 atom stereocenters. The molecule has 0 bridgehead atoms. The summed E-state index contributed by atoms with van der Waals surface area (Å²) in [5, 5.41) is 5.49. The van der Waals surface area contributed by atoms with Crippen LogP contribution in [0.2, 0.25) is 0 Å². The maximum Gasteiger partial charge on any atom is 0.411 e. The van der Waals surface area contributed by atoms with Gasteiger partial charge in [-0.25, -0.2) is 13.6 Å². The van der Waals surface area contributed by atoms with E-state index in [-0.39, 0.29) is 29.8 Å². The summed E-state index contributed by atoms with van der Waals surface area (Å²) < 4.78 is 32.7. The molecule has 4 N–H and O–H groups in total. The first kappa shape index (κ1) is 16.0. The molecule has 0 radical (unpaired) electrons. The van der Waals surface area contributed by atoms with Crippen molar-refractivity contribution in [1.82, 2.24) is 0 Å². The lowest BCUT2D eigenvalue weighted by atomic mass is 10.0. The first-order chi connectivity index (χ1) is 11.5. The maximum atomic E-state index is 14.6. The van der Waals surface area contributed by atoms with Crippen LogP contribution in [0.1, 0.15) is 24.1 Å². The molecule has 1 heterocycles. The zero-order valence-corrected chi connectivity index (χ0v) is 13.0. The molecule has 0 aromatic heterocycles. The third-order valence-corrected chi connectivity index (χ3v) is 3.92. The zero-order valence-electron chi connectivity index (χ0n) is 13.0. The van der Waals surface area contributed by atoms with Crippen LogP contribution in [0, 0.1) is 11.6 Å². The van der Waals surface area contributed by atoms with Gasteiger partial charge in [-0.1, -0.05) is 12.1 Å². The maximum absolute atomic E-state index is 14.6. The van der Waals surface area contributed by atoms with Gasteiger partial charge in [0.05, 0.1) is 24.0 Å². The molecule has 0 aliphatic carbocycles. The average Bonchev–Trinajstić information content (AvgIpc) is 2.95. The van der Waals surface area contributed by atoms with Crippen LogP contribution < -0.4 is 16.4 Å². The number of ether oxygens (including phenoxy) is 1. The topological polar surface area (TPSA) is 76.4 Å². The second kappa shape index (κ2) is 6.35. The molecular weight excluding hydrogens is 316 g/mol. The predicted molar refractivity (Wildman–Crippen MR) is 87.9 cm³/mol. The molecule has 0 fully saturated rings. The van der Waals surface area contributed by atoms with Gasteiger partial charge in [0.15, 0.2) is 5.82 Å². The summed E-state index contributed by atoms with van der Waals surface area (Å²) in [7, 11) is 0. The quantitative estimate of drug-likeness (QED) is 0.746. The third-order valence-electron chi connectivity index (χ3n) is 3.92. The van der Waals surface area contributed by atoms with Crippen LogP contribution in [-0.4, -0.2) is 12.7 Å². The Hall–Kier alpha value is -2.83. The highest BCUT2D eigenvalue weighted by Crippen LogP contribution is 2.38. The Kier molecular flexibility index (Phi) is 4.24. The van der Waals surface area contributed by atoms with E-state index in [1.807, 2.05) is 0 Å². The highest BCUT2D eigenvalue weighted by Gasteiger charge is 2.26. The van der Waals surface area contributed by atoms with Crippen molar-refractivity contribution in [1.29, 1.82) is 0 Å². The number of amides is 1. The summed E-state index contributed by atoms with van der Waals surface area (Å²) >= 11 is 0. The summed E-state index contributed by atoms with van der Waals surface area (Å²) in [4.78, 5) is 11.4. The molecular formula is C17H17F2N3O2. The highest BCUT2D eigenvalue weighted by molar-refractivity contribution is 5.89. The number of fused-ring (bicyclic) bond motifs is 1. The fourth-order valence-electron chi connectivity index (χ4n) is 2.77. The van der Waals surface area contributed by atoms with E-state index < -0.39 is 11.9 Å². The minimum absolute atomic E-state index is 0.149. The molecule has 7 heteroatoms. The molecule has 1 aliphatic rings.